The Hall–Kier alpha value is -2.34. The molecule has 6 heteroatoms. The van der Waals surface area contributed by atoms with Crippen molar-refractivity contribution in [2.75, 3.05) is 11.4 Å². The average molecular weight is 375 g/mol. The molecule has 26 heavy (non-hydrogen) atoms. The van der Waals surface area contributed by atoms with Gasteiger partial charge in [0, 0.05) is 18.7 Å². The van der Waals surface area contributed by atoms with Gasteiger partial charge < -0.3 is 5.32 Å². The summed E-state index contributed by atoms with van der Waals surface area (Å²) < 4.78 is 27.1. The topological polar surface area (TPSA) is 66.5 Å². The lowest BCUT2D eigenvalue weighted by molar-refractivity contribution is 0.0938. The molecule has 0 spiro atoms. The minimum absolute atomic E-state index is 0.0442. The summed E-state index contributed by atoms with van der Waals surface area (Å²) in [6.07, 6.45) is 1.84. The van der Waals surface area contributed by atoms with Gasteiger partial charge in [-0.25, -0.2) is 8.42 Å². The number of benzene rings is 2. The quantitative estimate of drug-likeness (QED) is 0.803. The number of amides is 1. The van der Waals surface area contributed by atoms with Crippen molar-refractivity contribution < 1.29 is 13.2 Å². The zero-order valence-corrected chi connectivity index (χ0v) is 16.5. The van der Waals surface area contributed by atoms with Crippen LogP contribution in [0.5, 0.6) is 0 Å². The fraction of sp³-hybridized carbons (Fsp3) is 0.350. The molecule has 2 rings (SSSR count). The Morgan fingerprint density at radius 2 is 1.85 bits per heavy atom. The first-order chi connectivity index (χ1) is 12.3. The second-order valence-electron chi connectivity index (χ2n) is 6.50. The molecule has 1 N–H and O–H groups in total. The van der Waals surface area contributed by atoms with Crippen LogP contribution in [0.25, 0.3) is 0 Å². The van der Waals surface area contributed by atoms with Gasteiger partial charge in [-0.3, -0.25) is 9.10 Å². The first-order valence-electron chi connectivity index (χ1n) is 8.72. The molecule has 0 radical (unpaired) electrons. The highest BCUT2D eigenvalue weighted by atomic mass is 32.2. The standard InChI is InChI=1S/C20H26N2O3S/c1-5-8-16(3)21-20(23)17-10-7-12-19(14-17)26(24,25)22(4)18-11-6-9-15(2)13-18/h6-7,9-14,16H,5,8H2,1-4H3,(H,21,23)/t16-/m1/s1. The smallest absolute Gasteiger partial charge is 0.264 e. The molecular formula is C20H26N2O3S. The van der Waals surface area contributed by atoms with Crippen LogP contribution in [0.4, 0.5) is 5.69 Å². The van der Waals surface area contributed by atoms with Crippen LogP contribution in [0.3, 0.4) is 0 Å². The van der Waals surface area contributed by atoms with Crippen LogP contribution >= 0.6 is 0 Å². The van der Waals surface area contributed by atoms with Gasteiger partial charge in [-0.2, -0.15) is 0 Å². The molecule has 0 aliphatic rings. The van der Waals surface area contributed by atoms with Crippen LogP contribution in [-0.4, -0.2) is 27.4 Å². The predicted octanol–water partition coefficient (Wildman–Crippen LogP) is 3.74. The maximum atomic E-state index is 12.9. The van der Waals surface area contributed by atoms with Gasteiger partial charge in [0.15, 0.2) is 0 Å². The molecule has 0 heterocycles. The van der Waals surface area contributed by atoms with Crippen LogP contribution in [0.1, 0.15) is 42.6 Å². The number of aryl methyl sites for hydroxylation is 1. The Kier molecular flexibility index (Phi) is 6.42. The molecule has 0 bridgehead atoms. The monoisotopic (exact) mass is 374 g/mol. The molecule has 2 aromatic carbocycles. The third-order valence-electron chi connectivity index (χ3n) is 4.22. The van der Waals surface area contributed by atoms with E-state index < -0.39 is 10.0 Å². The van der Waals surface area contributed by atoms with Crippen molar-refractivity contribution in [1.82, 2.24) is 5.32 Å². The normalized spacial score (nSPS) is 12.5. The molecule has 2 aromatic rings. The average Bonchev–Trinajstić information content (AvgIpc) is 2.61. The van der Waals surface area contributed by atoms with Gasteiger partial charge in [-0.1, -0.05) is 31.5 Å². The van der Waals surface area contributed by atoms with E-state index in [9.17, 15) is 13.2 Å². The first-order valence-corrected chi connectivity index (χ1v) is 10.2. The van der Waals surface area contributed by atoms with E-state index in [1.807, 2.05) is 26.0 Å². The number of hydrogen-bond acceptors (Lipinski definition) is 3. The van der Waals surface area contributed by atoms with Gasteiger partial charge in [0.2, 0.25) is 0 Å². The minimum atomic E-state index is -3.75. The molecule has 140 valence electrons. The van der Waals surface area contributed by atoms with E-state index in [0.29, 0.717) is 11.3 Å². The zero-order valence-electron chi connectivity index (χ0n) is 15.7. The Labute approximate surface area is 156 Å². The Morgan fingerprint density at radius 3 is 2.50 bits per heavy atom. The van der Waals surface area contributed by atoms with Crippen molar-refractivity contribution in [1.29, 1.82) is 0 Å². The van der Waals surface area contributed by atoms with E-state index >= 15 is 0 Å². The molecule has 1 amide bonds. The highest BCUT2D eigenvalue weighted by Gasteiger charge is 2.22. The molecule has 0 saturated heterocycles. The van der Waals surface area contributed by atoms with Gasteiger partial charge in [-0.15, -0.1) is 0 Å². The van der Waals surface area contributed by atoms with Gasteiger partial charge in [-0.05, 0) is 56.2 Å². The second-order valence-corrected chi connectivity index (χ2v) is 8.47. The van der Waals surface area contributed by atoms with E-state index in [2.05, 4.69) is 12.2 Å². The maximum Gasteiger partial charge on any atom is 0.264 e. The SMILES string of the molecule is CCC[C@@H](C)NC(=O)c1cccc(S(=O)(=O)N(C)c2cccc(C)c2)c1. The fourth-order valence-corrected chi connectivity index (χ4v) is 3.96. The Morgan fingerprint density at radius 1 is 1.15 bits per heavy atom. The van der Waals surface area contributed by atoms with Crippen LogP contribution in [0, 0.1) is 6.92 Å². The van der Waals surface area contributed by atoms with Gasteiger partial charge in [0.25, 0.3) is 15.9 Å². The summed E-state index contributed by atoms with van der Waals surface area (Å²) in [6, 6.07) is 13.5. The summed E-state index contributed by atoms with van der Waals surface area (Å²) in [4.78, 5) is 12.5. The Balaban J connectivity index is 2.29. The van der Waals surface area contributed by atoms with Crippen LogP contribution in [0.2, 0.25) is 0 Å². The number of nitrogens with zero attached hydrogens (tertiary/aromatic N) is 1. The maximum absolute atomic E-state index is 12.9. The molecule has 0 unspecified atom stereocenters. The lowest BCUT2D eigenvalue weighted by Crippen LogP contribution is -2.32. The number of carbonyl (C=O) groups excluding carboxylic acids is 1. The number of hydrogen-bond donors (Lipinski definition) is 1. The van der Waals surface area contributed by atoms with Crippen molar-refractivity contribution >= 4 is 21.6 Å². The third-order valence-corrected chi connectivity index (χ3v) is 6.00. The number of nitrogens with one attached hydrogen (secondary N) is 1. The summed E-state index contributed by atoms with van der Waals surface area (Å²) in [5.74, 6) is -0.263. The molecule has 0 aliphatic carbocycles. The van der Waals surface area contributed by atoms with Gasteiger partial charge in [0.1, 0.15) is 0 Å². The van der Waals surface area contributed by atoms with E-state index in [0.717, 1.165) is 18.4 Å². The number of rotatable bonds is 7. The lowest BCUT2D eigenvalue weighted by Gasteiger charge is -2.20. The third kappa shape index (κ3) is 4.64. The molecular weight excluding hydrogens is 348 g/mol. The van der Waals surface area contributed by atoms with Crippen molar-refractivity contribution in [2.45, 2.75) is 44.6 Å². The first kappa shape index (κ1) is 20.0. The van der Waals surface area contributed by atoms with Crippen LogP contribution in [0.15, 0.2) is 53.4 Å². The number of sulfonamides is 1. The van der Waals surface area contributed by atoms with E-state index in [1.54, 1.807) is 24.3 Å². The highest BCUT2D eigenvalue weighted by molar-refractivity contribution is 7.92. The van der Waals surface area contributed by atoms with Gasteiger partial charge >= 0.3 is 0 Å². The van der Waals surface area contributed by atoms with Crippen LogP contribution < -0.4 is 9.62 Å². The van der Waals surface area contributed by atoms with Crippen molar-refractivity contribution in [3.63, 3.8) is 0 Å². The number of anilines is 1. The van der Waals surface area contributed by atoms with E-state index in [-0.39, 0.29) is 16.8 Å². The van der Waals surface area contributed by atoms with E-state index in [1.165, 1.54) is 23.5 Å². The second kappa shape index (κ2) is 8.36. The summed E-state index contributed by atoms with van der Waals surface area (Å²) in [5, 5.41) is 2.90. The number of carbonyl (C=O) groups is 1. The van der Waals surface area contributed by atoms with Gasteiger partial charge in [0.05, 0.1) is 10.6 Å². The zero-order chi connectivity index (χ0) is 19.3. The summed E-state index contributed by atoms with van der Waals surface area (Å²) in [5.41, 5.74) is 1.89. The summed E-state index contributed by atoms with van der Waals surface area (Å²) in [7, 11) is -2.24. The van der Waals surface area contributed by atoms with E-state index in [4.69, 9.17) is 0 Å². The van der Waals surface area contributed by atoms with Crippen LogP contribution in [-0.2, 0) is 10.0 Å². The molecule has 5 nitrogen and oxygen atoms in total. The molecule has 0 fully saturated rings. The largest absolute Gasteiger partial charge is 0.350 e. The summed E-state index contributed by atoms with van der Waals surface area (Å²) in [6.45, 7) is 5.90. The highest BCUT2D eigenvalue weighted by Crippen LogP contribution is 2.23. The fourth-order valence-electron chi connectivity index (χ4n) is 2.73. The van der Waals surface area contributed by atoms with Crippen molar-refractivity contribution in [2.24, 2.45) is 0 Å². The van der Waals surface area contributed by atoms with Crippen molar-refractivity contribution in [3.05, 3.63) is 59.7 Å². The Bertz CT molecular complexity index is 878. The summed E-state index contributed by atoms with van der Waals surface area (Å²) >= 11 is 0. The predicted molar refractivity (Wildman–Crippen MR) is 105 cm³/mol. The molecule has 0 aliphatic heterocycles. The lowest BCUT2D eigenvalue weighted by atomic mass is 10.1. The van der Waals surface area contributed by atoms with Crippen molar-refractivity contribution in [3.8, 4) is 0 Å². The molecule has 0 saturated carbocycles. The minimum Gasteiger partial charge on any atom is -0.350 e. The molecule has 0 aromatic heterocycles. The molecule has 1 atom stereocenters.